The van der Waals surface area contributed by atoms with Gasteiger partial charge in [-0.15, -0.1) is 0 Å². The number of nitrogens with two attached hydrogens (primary N) is 2. The molecule has 35 heavy (non-hydrogen) atoms. The van der Waals surface area contributed by atoms with Crippen molar-refractivity contribution in [2.75, 3.05) is 11.5 Å². The average molecular weight is 481 g/mol. The van der Waals surface area contributed by atoms with Gasteiger partial charge in [0.05, 0.1) is 11.1 Å². The number of rotatable bonds is 16. The van der Waals surface area contributed by atoms with E-state index in [2.05, 4.69) is 13.8 Å². The first-order valence-electron chi connectivity index (χ1n) is 13.5. The van der Waals surface area contributed by atoms with Crippen LogP contribution in [0.25, 0.3) is 0 Å². The van der Waals surface area contributed by atoms with Crippen molar-refractivity contribution in [1.82, 2.24) is 0 Å². The molecule has 0 saturated heterocycles. The Kier molecular flexibility index (Phi) is 13.0. The lowest BCUT2D eigenvalue weighted by atomic mass is 10.0. The van der Waals surface area contributed by atoms with Gasteiger partial charge in [0.15, 0.2) is 0 Å². The highest BCUT2D eigenvalue weighted by Crippen LogP contribution is 2.21. The zero-order valence-corrected chi connectivity index (χ0v) is 21.7. The molecule has 2 aromatic carbocycles. The Labute approximate surface area is 211 Å². The van der Waals surface area contributed by atoms with Crippen molar-refractivity contribution in [3.8, 4) is 0 Å². The number of aryl methyl sites for hydroxylation is 2. The summed E-state index contributed by atoms with van der Waals surface area (Å²) in [7, 11) is 0. The second kappa shape index (κ2) is 16.0. The monoisotopic (exact) mass is 480 g/mol. The Morgan fingerprint density at radius 2 is 0.971 bits per heavy atom. The lowest BCUT2D eigenvalue weighted by Crippen LogP contribution is -2.16. The topological polar surface area (TPSA) is 95.4 Å². The molecule has 0 amide bonds. The van der Waals surface area contributed by atoms with Crippen LogP contribution in [0, 0.1) is 0 Å². The van der Waals surface area contributed by atoms with Crippen LogP contribution < -0.4 is 11.5 Å². The quantitative estimate of drug-likeness (QED) is 0.111. The third kappa shape index (κ3) is 10.1. The summed E-state index contributed by atoms with van der Waals surface area (Å²) >= 11 is 0. The SMILES string of the molecule is CCCCCCCCc1ccc(C(=O)OC(=O)c2ccc(CCCCCCCC)cc2N)c(N)c1. The highest BCUT2D eigenvalue weighted by Gasteiger charge is 2.19. The van der Waals surface area contributed by atoms with Crippen LogP contribution in [0.5, 0.6) is 0 Å². The second-order valence-electron chi connectivity index (χ2n) is 9.56. The molecule has 0 aliphatic rings. The van der Waals surface area contributed by atoms with Crippen LogP contribution in [0.15, 0.2) is 36.4 Å². The van der Waals surface area contributed by atoms with Gasteiger partial charge in [-0.05, 0) is 61.1 Å². The second-order valence-corrected chi connectivity index (χ2v) is 9.56. The molecule has 0 bridgehead atoms. The molecule has 0 spiro atoms. The lowest BCUT2D eigenvalue weighted by molar-refractivity contribution is 0.0399. The van der Waals surface area contributed by atoms with E-state index in [1.807, 2.05) is 12.1 Å². The van der Waals surface area contributed by atoms with E-state index in [-0.39, 0.29) is 11.1 Å². The van der Waals surface area contributed by atoms with Crippen molar-refractivity contribution in [3.05, 3.63) is 58.7 Å². The molecule has 0 atom stereocenters. The number of anilines is 2. The largest absolute Gasteiger partial charge is 0.398 e. The van der Waals surface area contributed by atoms with Crippen molar-refractivity contribution >= 4 is 23.3 Å². The molecule has 2 rings (SSSR count). The van der Waals surface area contributed by atoms with Crippen LogP contribution in [0.4, 0.5) is 11.4 Å². The fourth-order valence-electron chi connectivity index (χ4n) is 4.32. The number of nitrogen functional groups attached to an aromatic ring is 2. The lowest BCUT2D eigenvalue weighted by Gasteiger charge is -2.10. The van der Waals surface area contributed by atoms with Crippen molar-refractivity contribution in [2.45, 2.75) is 104 Å². The van der Waals surface area contributed by atoms with Gasteiger partial charge in [-0.3, -0.25) is 0 Å². The van der Waals surface area contributed by atoms with E-state index in [4.69, 9.17) is 16.2 Å². The van der Waals surface area contributed by atoms with E-state index in [1.54, 1.807) is 24.3 Å². The molecular weight excluding hydrogens is 436 g/mol. The third-order valence-corrected chi connectivity index (χ3v) is 6.50. The molecule has 192 valence electrons. The first kappa shape index (κ1) is 28.4. The predicted octanol–water partition coefficient (Wildman–Crippen LogP) is 7.65. The van der Waals surface area contributed by atoms with Crippen molar-refractivity contribution in [1.29, 1.82) is 0 Å². The molecule has 5 heteroatoms. The first-order chi connectivity index (χ1) is 17.0. The van der Waals surface area contributed by atoms with E-state index < -0.39 is 11.9 Å². The summed E-state index contributed by atoms with van der Waals surface area (Å²) in [6, 6.07) is 10.7. The average Bonchev–Trinajstić information content (AvgIpc) is 2.83. The molecule has 0 saturated carbocycles. The fraction of sp³-hybridized carbons (Fsp3) is 0.533. The van der Waals surface area contributed by atoms with E-state index in [1.165, 1.54) is 64.2 Å². The molecule has 0 aliphatic carbocycles. The van der Waals surface area contributed by atoms with Crippen LogP contribution in [-0.4, -0.2) is 11.9 Å². The Balaban J connectivity index is 1.85. The fourth-order valence-corrected chi connectivity index (χ4v) is 4.32. The van der Waals surface area contributed by atoms with E-state index in [9.17, 15) is 9.59 Å². The predicted molar refractivity (Wildman–Crippen MR) is 146 cm³/mol. The maximum atomic E-state index is 12.6. The van der Waals surface area contributed by atoms with Crippen molar-refractivity contribution in [3.63, 3.8) is 0 Å². The molecule has 2 aromatic rings. The number of hydrogen-bond acceptors (Lipinski definition) is 5. The number of carbonyl (C=O) groups excluding carboxylic acids is 2. The number of benzene rings is 2. The summed E-state index contributed by atoms with van der Waals surface area (Å²) in [6.45, 7) is 4.43. The van der Waals surface area contributed by atoms with E-state index >= 15 is 0 Å². The van der Waals surface area contributed by atoms with Gasteiger partial charge in [0.25, 0.3) is 0 Å². The minimum absolute atomic E-state index is 0.198. The van der Waals surface area contributed by atoms with Crippen LogP contribution in [-0.2, 0) is 17.6 Å². The van der Waals surface area contributed by atoms with Gasteiger partial charge in [-0.1, -0.05) is 90.2 Å². The molecule has 0 radical (unpaired) electrons. The van der Waals surface area contributed by atoms with Gasteiger partial charge in [-0.25, -0.2) is 9.59 Å². The van der Waals surface area contributed by atoms with E-state index in [0.717, 1.165) is 36.8 Å². The summed E-state index contributed by atoms with van der Waals surface area (Å²) in [5.74, 6) is -1.51. The Bertz CT molecular complexity index is 864. The molecule has 0 fully saturated rings. The molecule has 5 nitrogen and oxygen atoms in total. The number of hydrogen-bond donors (Lipinski definition) is 2. The van der Waals surface area contributed by atoms with Gasteiger partial charge >= 0.3 is 11.9 Å². The first-order valence-corrected chi connectivity index (χ1v) is 13.5. The minimum Gasteiger partial charge on any atom is -0.398 e. The van der Waals surface area contributed by atoms with Gasteiger partial charge in [0.2, 0.25) is 0 Å². The number of unbranched alkanes of at least 4 members (excludes halogenated alkanes) is 10. The summed E-state index contributed by atoms with van der Waals surface area (Å²) in [6.07, 6.45) is 16.5. The summed E-state index contributed by atoms with van der Waals surface area (Å²) in [5, 5.41) is 0. The van der Waals surface area contributed by atoms with Crippen LogP contribution >= 0.6 is 0 Å². The third-order valence-electron chi connectivity index (χ3n) is 6.50. The maximum absolute atomic E-state index is 12.6. The van der Waals surface area contributed by atoms with Crippen molar-refractivity contribution in [2.24, 2.45) is 0 Å². The summed E-state index contributed by atoms with van der Waals surface area (Å²) in [5.41, 5.74) is 15.4. The number of carbonyl (C=O) groups is 2. The van der Waals surface area contributed by atoms with Crippen molar-refractivity contribution < 1.29 is 14.3 Å². The smallest absolute Gasteiger partial charge is 0.348 e. The normalized spacial score (nSPS) is 10.9. The van der Waals surface area contributed by atoms with E-state index in [0.29, 0.717) is 11.4 Å². The highest BCUT2D eigenvalue weighted by atomic mass is 16.6. The molecule has 0 aliphatic heterocycles. The van der Waals surface area contributed by atoms with Crippen LogP contribution in [0.1, 0.15) is 123 Å². The zero-order chi connectivity index (χ0) is 25.5. The number of esters is 2. The van der Waals surface area contributed by atoms with Gasteiger partial charge < -0.3 is 16.2 Å². The minimum atomic E-state index is -0.755. The van der Waals surface area contributed by atoms with Gasteiger partial charge in [0.1, 0.15) is 0 Å². The molecule has 0 heterocycles. The zero-order valence-electron chi connectivity index (χ0n) is 21.7. The summed E-state index contributed by atoms with van der Waals surface area (Å²) < 4.78 is 5.10. The number of ether oxygens (including phenoxy) is 1. The molecule has 0 aromatic heterocycles. The Morgan fingerprint density at radius 1 is 0.600 bits per heavy atom. The van der Waals surface area contributed by atoms with Gasteiger partial charge in [-0.2, -0.15) is 0 Å². The molecular formula is C30H44N2O3. The molecule has 0 unspecified atom stereocenters. The molecule has 4 N–H and O–H groups in total. The van der Waals surface area contributed by atoms with Gasteiger partial charge in [0, 0.05) is 11.4 Å². The maximum Gasteiger partial charge on any atom is 0.348 e. The van der Waals surface area contributed by atoms with Crippen LogP contribution in [0.2, 0.25) is 0 Å². The Morgan fingerprint density at radius 3 is 1.34 bits per heavy atom. The highest BCUT2D eigenvalue weighted by molar-refractivity contribution is 6.06. The summed E-state index contributed by atoms with van der Waals surface area (Å²) in [4.78, 5) is 25.2. The standard InChI is InChI=1S/C30H44N2O3/c1-3-5-7-9-11-13-15-23-17-19-25(27(31)21-23)29(33)35-30(34)26-20-18-24(22-28(26)32)16-14-12-10-8-6-4-2/h17-22H,3-16,31-32H2,1-2H3. The Hall–Kier alpha value is -2.82. The van der Waals surface area contributed by atoms with Crippen LogP contribution in [0.3, 0.4) is 0 Å².